The van der Waals surface area contributed by atoms with Crippen LogP contribution in [0.2, 0.25) is 0 Å². The number of ether oxygens (including phenoxy) is 5. The second-order valence-electron chi connectivity index (χ2n) is 12.1. The van der Waals surface area contributed by atoms with E-state index >= 15 is 0 Å². The van der Waals surface area contributed by atoms with Crippen molar-refractivity contribution in [2.45, 2.75) is 44.7 Å². The summed E-state index contributed by atoms with van der Waals surface area (Å²) in [5, 5.41) is 0. The van der Waals surface area contributed by atoms with Crippen molar-refractivity contribution in [3.05, 3.63) is 125 Å². The molecule has 0 radical (unpaired) electrons. The molecule has 0 aromatic heterocycles. The molecule has 6 rings (SSSR count). The third-order valence-electron chi connectivity index (χ3n) is 8.80. The minimum absolute atomic E-state index is 0.128. The number of carbonyl (C=O) groups excluding carboxylic acids is 1. The fourth-order valence-corrected chi connectivity index (χ4v) is 6.23. The number of amides is 1. The van der Waals surface area contributed by atoms with E-state index in [2.05, 4.69) is 41.3 Å². The van der Waals surface area contributed by atoms with Crippen LogP contribution < -0.4 is 14.4 Å². The van der Waals surface area contributed by atoms with E-state index in [-0.39, 0.29) is 24.7 Å². The van der Waals surface area contributed by atoms with Gasteiger partial charge in [0.25, 0.3) is 0 Å². The predicted octanol–water partition coefficient (Wildman–Crippen LogP) is 7.21. The molecular weight excluding hydrogens is 592 g/mol. The summed E-state index contributed by atoms with van der Waals surface area (Å²) in [6.07, 6.45) is 1.21. The van der Waals surface area contributed by atoms with Crippen molar-refractivity contribution in [2.75, 3.05) is 51.4 Å². The smallest absolute Gasteiger partial charge is 0.410 e. The van der Waals surface area contributed by atoms with Crippen LogP contribution in [0.3, 0.4) is 0 Å². The van der Waals surface area contributed by atoms with Gasteiger partial charge in [-0.1, -0.05) is 78.9 Å². The minimum atomic E-state index is -0.313. The summed E-state index contributed by atoms with van der Waals surface area (Å²) in [7, 11) is 1.74. The Kier molecular flexibility index (Phi) is 11.3. The number of likely N-dealkylation sites (tertiary alicyclic amines) is 1. The Morgan fingerprint density at radius 1 is 0.830 bits per heavy atom. The molecule has 246 valence electrons. The highest BCUT2D eigenvalue weighted by atomic mass is 16.6. The zero-order valence-electron chi connectivity index (χ0n) is 27.1. The average Bonchev–Trinajstić information content (AvgIpc) is 3.13. The lowest BCUT2D eigenvalue weighted by molar-refractivity contribution is -0.0246. The second-order valence-corrected chi connectivity index (χ2v) is 12.1. The molecule has 2 unspecified atom stereocenters. The lowest BCUT2D eigenvalue weighted by Crippen LogP contribution is -2.47. The molecule has 47 heavy (non-hydrogen) atoms. The molecule has 4 aromatic carbocycles. The number of fused-ring (bicyclic) bond motifs is 1. The molecule has 2 aliphatic rings. The van der Waals surface area contributed by atoms with Crippen LogP contribution in [0.5, 0.6) is 11.5 Å². The van der Waals surface area contributed by atoms with Crippen LogP contribution in [-0.2, 0) is 34.0 Å². The molecule has 1 amide bonds. The van der Waals surface area contributed by atoms with Gasteiger partial charge >= 0.3 is 6.09 Å². The van der Waals surface area contributed by atoms with Crippen LogP contribution in [-0.4, -0.2) is 63.6 Å². The Balaban J connectivity index is 1.14. The summed E-state index contributed by atoms with van der Waals surface area (Å²) in [5.74, 6) is 1.88. The molecule has 1 fully saturated rings. The Morgan fingerprint density at radius 3 is 2.36 bits per heavy atom. The first kappa shape index (κ1) is 32.4. The molecule has 4 aromatic rings. The average molecular weight is 637 g/mol. The summed E-state index contributed by atoms with van der Waals surface area (Å²) in [5.41, 5.74) is 5.42. The number of piperidine rings is 1. The Morgan fingerprint density at radius 2 is 1.57 bits per heavy atom. The highest BCUT2D eigenvalue weighted by Crippen LogP contribution is 2.35. The summed E-state index contributed by atoms with van der Waals surface area (Å²) >= 11 is 0. The number of anilines is 1. The van der Waals surface area contributed by atoms with Crippen LogP contribution in [0.4, 0.5) is 10.5 Å². The Bertz CT molecular complexity index is 1550. The molecule has 1 saturated heterocycles. The van der Waals surface area contributed by atoms with Crippen LogP contribution in [0.25, 0.3) is 0 Å². The second kappa shape index (κ2) is 16.3. The van der Waals surface area contributed by atoms with Crippen LogP contribution >= 0.6 is 0 Å². The number of hydrogen-bond acceptors (Lipinski definition) is 7. The summed E-state index contributed by atoms with van der Waals surface area (Å²) in [4.78, 5) is 17.3. The van der Waals surface area contributed by atoms with E-state index in [0.29, 0.717) is 32.9 Å². The maximum Gasteiger partial charge on any atom is 0.410 e. The van der Waals surface area contributed by atoms with Crippen molar-refractivity contribution in [1.29, 1.82) is 0 Å². The summed E-state index contributed by atoms with van der Waals surface area (Å²) in [6, 6.07) is 34.5. The van der Waals surface area contributed by atoms with E-state index in [1.54, 1.807) is 12.0 Å². The zero-order chi connectivity index (χ0) is 32.3. The number of hydrogen-bond donors (Lipinski definition) is 0. The highest BCUT2D eigenvalue weighted by Gasteiger charge is 2.34. The van der Waals surface area contributed by atoms with Gasteiger partial charge in [0.15, 0.2) is 0 Å². The fourth-order valence-electron chi connectivity index (χ4n) is 6.23. The van der Waals surface area contributed by atoms with E-state index in [0.717, 1.165) is 66.4 Å². The Labute approximate surface area is 277 Å². The van der Waals surface area contributed by atoms with Gasteiger partial charge in [-0.25, -0.2) is 4.79 Å². The molecule has 2 atom stereocenters. The number of methoxy groups -OCH3 is 1. The molecule has 2 aliphatic heterocycles. The number of carbonyl (C=O) groups is 1. The van der Waals surface area contributed by atoms with Crippen molar-refractivity contribution in [2.24, 2.45) is 0 Å². The van der Waals surface area contributed by atoms with Crippen LogP contribution in [0.15, 0.2) is 103 Å². The van der Waals surface area contributed by atoms with Gasteiger partial charge in [-0.2, -0.15) is 0 Å². The van der Waals surface area contributed by atoms with Crippen molar-refractivity contribution in [3.8, 4) is 11.5 Å². The van der Waals surface area contributed by atoms with Gasteiger partial charge in [-0.05, 0) is 59.4 Å². The largest absolute Gasteiger partial charge is 0.490 e. The first-order chi connectivity index (χ1) is 23.2. The zero-order valence-corrected chi connectivity index (χ0v) is 27.1. The molecule has 0 N–H and O–H groups in total. The summed E-state index contributed by atoms with van der Waals surface area (Å²) < 4.78 is 29.6. The van der Waals surface area contributed by atoms with E-state index in [9.17, 15) is 4.79 Å². The number of para-hydroxylation sites is 1. The standard InChI is InChI=1S/C39H44N2O6/c1-43-23-8-20-40-22-24-44-37-18-15-32(25-36(37)40)29-46-38-26-41(39(42)47-28-30-9-4-2-5-10-30)21-19-35(38)33-16-13-31(14-17-33)27-45-34-11-6-3-7-12-34/h2-7,9-18,25,35,38H,8,19-24,26-29H2,1H3. The van der Waals surface area contributed by atoms with Gasteiger partial charge in [0, 0.05) is 32.7 Å². The van der Waals surface area contributed by atoms with Crippen molar-refractivity contribution >= 4 is 11.8 Å². The van der Waals surface area contributed by atoms with E-state index < -0.39 is 0 Å². The molecular formula is C39H44N2O6. The third kappa shape index (κ3) is 8.84. The number of benzene rings is 4. The van der Waals surface area contributed by atoms with Gasteiger partial charge in [-0.15, -0.1) is 0 Å². The first-order valence-electron chi connectivity index (χ1n) is 16.5. The van der Waals surface area contributed by atoms with Gasteiger partial charge in [0.05, 0.1) is 31.5 Å². The number of rotatable bonds is 13. The molecule has 2 heterocycles. The molecule has 0 saturated carbocycles. The fraction of sp³-hybridized carbons (Fsp3) is 0.359. The van der Waals surface area contributed by atoms with E-state index in [1.165, 1.54) is 5.56 Å². The minimum Gasteiger partial charge on any atom is -0.490 e. The van der Waals surface area contributed by atoms with Gasteiger partial charge in [0.1, 0.15) is 31.3 Å². The lowest BCUT2D eigenvalue weighted by atomic mass is 9.86. The molecule has 8 heteroatoms. The van der Waals surface area contributed by atoms with Crippen LogP contribution in [0, 0.1) is 0 Å². The molecule has 0 aliphatic carbocycles. The maximum absolute atomic E-state index is 13.2. The van der Waals surface area contributed by atoms with Crippen molar-refractivity contribution in [3.63, 3.8) is 0 Å². The molecule has 0 bridgehead atoms. The molecule has 0 spiro atoms. The normalized spacial score (nSPS) is 17.5. The first-order valence-corrected chi connectivity index (χ1v) is 16.5. The quantitative estimate of drug-likeness (QED) is 0.144. The maximum atomic E-state index is 13.2. The highest BCUT2D eigenvalue weighted by molar-refractivity contribution is 5.68. The van der Waals surface area contributed by atoms with Crippen molar-refractivity contribution in [1.82, 2.24) is 4.90 Å². The predicted molar refractivity (Wildman–Crippen MR) is 182 cm³/mol. The van der Waals surface area contributed by atoms with Crippen molar-refractivity contribution < 1.29 is 28.5 Å². The van der Waals surface area contributed by atoms with Crippen LogP contribution in [0.1, 0.15) is 41.0 Å². The lowest BCUT2D eigenvalue weighted by Gasteiger charge is -2.38. The topological polar surface area (TPSA) is 69.7 Å². The van der Waals surface area contributed by atoms with Gasteiger partial charge < -0.3 is 33.5 Å². The van der Waals surface area contributed by atoms with E-state index in [4.69, 9.17) is 23.7 Å². The SMILES string of the molecule is COCCCN1CCOc2ccc(COC3CN(C(=O)OCc4ccccc4)CCC3c3ccc(COc4ccccc4)cc3)cc21. The number of nitrogens with zero attached hydrogens (tertiary/aromatic N) is 2. The van der Waals surface area contributed by atoms with Gasteiger partial charge in [0.2, 0.25) is 0 Å². The van der Waals surface area contributed by atoms with Gasteiger partial charge in [-0.3, -0.25) is 0 Å². The Hall–Kier alpha value is -4.53. The molecule has 8 nitrogen and oxygen atoms in total. The monoisotopic (exact) mass is 636 g/mol. The summed E-state index contributed by atoms with van der Waals surface area (Å²) in [6.45, 7) is 5.38. The third-order valence-corrected chi connectivity index (χ3v) is 8.80. The van der Waals surface area contributed by atoms with E-state index in [1.807, 2.05) is 66.7 Å².